The molecule has 0 atom stereocenters. The summed E-state index contributed by atoms with van der Waals surface area (Å²) in [5, 5.41) is 2.82. The van der Waals surface area contributed by atoms with E-state index in [2.05, 4.69) is 33.8 Å². The summed E-state index contributed by atoms with van der Waals surface area (Å²) in [5.74, 6) is -0.120. The van der Waals surface area contributed by atoms with Crippen LogP contribution in [0.25, 0.3) is 0 Å². The van der Waals surface area contributed by atoms with E-state index in [0.717, 1.165) is 25.9 Å². The fourth-order valence-electron chi connectivity index (χ4n) is 2.69. The molecule has 2 N–H and O–H groups in total. The molecule has 0 aromatic carbocycles. The van der Waals surface area contributed by atoms with Gasteiger partial charge in [-0.1, -0.05) is 11.6 Å². The van der Waals surface area contributed by atoms with Crippen molar-refractivity contribution in [1.82, 2.24) is 19.9 Å². The van der Waals surface area contributed by atoms with Gasteiger partial charge in [0.15, 0.2) is 0 Å². The number of piperidine rings is 1. The van der Waals surface area contributed by atoms with Crippen molar-refractivity contribution in [2.75, 3.05) is 25.4 Å². The molecule has 1 saturated heterocycles. The minimum Gasteiger partial charge on any atom is -0.391 e. The molecule has 0 saturated carbocycles. The molecule has 146 valence electrons. The topological polar surface area (TPSA) is 101 Å². The van der Waals surface area contributed by atoms with Gasteiger partial charge in [-0.3, -0.25) is 0 Å². The molecule has 0 bridgehead atoms. The molecule has 0 radical (unpaired) electrons. The molecule has 1 aliphatic rings. The molecule has 8 nitrogen and oxygen atoms in total. The highest BCUT2D eigenvalue weighted by Crippen LogP contribution is 2.14. The minimum atomic E-state index is -3.46. The number of hydrogen-bond acceptors (Lipinski definition) is 6. The van der Waals surface area contributed by atoms with Gasteiger partial charge in [-0.2, -0.15) is 0 Å². The molecular formula is C16H25ClN4O4S. The van der Waals surface area contributed by atoms with Crippen molar-refractivity contribution in [3.8, 4) is 5.88 Å². The van der Waals surface area contributed by atoms with Crippen molar-refractivity contribution in [1.29, 1.82) is 0 Å². The van der Waals surface area contributed by atoms with Crippen LogP contribution >= 0.6 is 11.6 Å². The van der Waals surface area contributed by atoms with Gasteiger partial charge in [0.25, 0.3) is 0 Å². The molecule has 10 heteroatoms. The quantitative estimate of drug-likeness (QED) is 0.716. The first-order valence-corrected chi connectivity index (χ1v) is 10.6. The maximum absolute atomic E-state index is 12.1. The number of pyridine rings is 1. The van der Waals surface area contributed by atoms with E-state index in [4.69, 9.17) is 16.3 Å². The lowest BCUT2D eigenvalue weighted by Crippen LogP contribution is -2.47. The molecular weight excluding hydrogens is 380 g/mol. The monoisotopic (exact) mass is 404 g/mol. The van der Waals surface area contributed by atoms with Crippen molar-refractivity contribution >= 4 is 27.7 Å². The van der Waals surface area contributed by atoms with Crippen LogP contribution in [0.5, 0.6) is 5.88 Å². The van der Waals surface area contributed by atoms with Gasteiger partial charge in [-0.15, -0.1) is 0 Å². The molecule has 1 aliphatic heterocycles. The Morgan fingerprint density at radius 2 is 2.08 bits per heavy atom. The number of amides is 1. The van der Waals surface area contributed by atoms with E-state index < -0.39 is 16.1 Å². The van der Waals surface area contributed by atoms with Crippen LogP contribution in [0.3, 0.4) is 0 Å². The summed E-state index contributed by atoms with van der Waals surface area (Å²) in [4.78, 5) is 17.8. The van der Waals surface area contributed by atoms with Gasteiger partial charge in [0, 0.05) is 30.9 Å². The predicted molar refractivity (Wildman–Crippen MR) is 99.9 cm³/mol. The fraction of sp³-hybridized carbons (Fsp3) is 0.625. The Hall–Kier alpha value is -1.42. The highest BCUT2D eigenvalue weighted by atomic mass is 35.5. The molecule has 1 aromatic heterocycles. The van der Waals surface area contributed by atoms with E-state index >= 15 is 0 Å². The third-order valence-corrected chi connectivity index (χ3v) is 5.80. The lowest BCUT2D eigenvalue weighted by atomic mass is 10.1. The van der Waals surface area contributed by atoms with Gasteiger partial charge < -0.3 is 15.0 Å². The number of likely N-dealkylation sites (tertiary alicyclic amines) is 1. The van der Waals surface area contributed by atoms with Gasteiger partial charge in [0.05, 0.1) is 10.8 Å². The maximum atomic E-state index is 12.1. The van der Waals surface area contributed by atoms with Gasteiger partial charge in [-0.25, -0.2) is 22.9 Å². The zero-order valence-electron chi connectivity index (χ0n) is 14.9. The summed E-state index contributed by atoms with van der Waals surface area (Å²) in [6.07, 6.45) is 2.16. The SMILES string of the molecule is CC(C)N1CCC(NS(=O)(=O)CCNC(=O)Oc2ccc(Cl)cn2)CC1. The van der Waals surface area contributed by atoms with Gasteiger partial charge in [-0.05, 0) is 45.8 Å². The second-order valence-electron chi connectivity index (χ2n) is 6.47. The summed E-state index contributed by atoms with van der Waals surface area (Å²) >= 11 is 5.69. The predicted octanol–water partition coefficient (Wildman–Crippen LogP) is 1.62. The van der Waals surface area contributed by atoms with E-state index in [1.54, 1.807) is 0 Å². The summed E-state index contributed by atoms with van der Waals surface area (Å²) < 4.78 is 31.9. The first-order chi connectivity index (χ1) is 12.2. The third-order valence-electron chi connectivity index (χ3n) is 4.14. The second-order valence-corrected chi connectivity index (χ2v) is 8.78. The first-order valence-electron chi connectivity index (χ1n) is 8.56. The Kier molecular flexibility index (Phi) is 7.63. The minimum absolute atomic E-state index is 0.0490. The largest absolute Gasteiger partial charge is 0.413 e. The number of hydrogen-bond donors (Lipinski definition) is 2. The van der Waals surface area contributed by atoms with Crippen LogP contribution in [0.2, 0.25) is 5.02 Å². The molecule has 1 fully saturated rings. The Balaban J connectivity index is 1.69. The standard InChI is InChI=1S/C16H25ClN4O4S/c1-12(2)21-8-5-14(6-9-21)20-26(23,24)10-7-18-16(22)25-15-4-3-13(17)11-19-15/h3-4,11-12,14,20H,5-10H2,1-2H3,(H,18,22). The van der Waals surface area contributed by atoms with E-state index in [1.165, 1.54) is 18.3 Å². The molecule has 0 spiro atoms. The zero-order chi connectivity index (χ0) is 19.2. The Morgan fingerprint density at radius 1 is 1.38 bits per heavy atom. The van der Waals surface area contributed by atoms with Crippen molar-refractivity contribution in [3.05, 3.63) is 23.4 Å². The highest BCUT2D eigenvalue weighted by Gasteiger charge is 2.24. The summed E-state index contributed by atoms with van der Waals surface area (Å²) in [6.45, 7) is 5.98. The van der Waals surface area contributed by atoms with Crippen molar-refractivity contribution in [2.24, 2.45) is 0 Å². The van der Waals surface area contributed by atoms with Crippen LogP contribution in [0.1, 0.15) is 26.7 Å². The number of carbonyl (C=O) groups excluding carboxylic acids is 1. The molecule has 0 aliphatic carbocycles. The molecule has 2 rings (SSSR count). The number of ether oxygens (including phenoxy) is 1. The third kappa shape index (κ3) is 7.06. The summed E-state index contributed by atoms with van der Waals surface area (Å²) in [6, 6.07) is 3.40. The molecule has 0 unspecified atom stereocenters. The number of nitrogens with zero attached hydrogens (tertiary/aromatic N) is 2. The zero-order valence-corrected chi connectivity index (χ0v) is 16.5. The van der Waals surface area contributed by atoms with Crippen LogP contribution in [0.4, 0.5) is 4.79 Å². The van der Waals surface area contributed by atoms with Crippen molar-refractivity contribution in [3.63, 3.8) is 0 Å². The smallest absolute Gasteiger partial charge is 0.391 e. The number of carbonyl (C=O) groups is 1. The first kappa shape index (κ1) is 20.9. The van der Waals surface area contributed by atoms with Gasteiger partial charge in [0.2, 0.25) is 15.9 Å². The van der Waals surface area contributed by atoms with Crippen LogP contribution in [-0.4, -0.2) is 61.9 Å². The van der Waals surface area contributed by atoms with E-state index in [0.29, 0.717) is 11.1 Å². The number of halogens is 1. The molecule has 1 aromatic rings. The van der Waals surface area contributed by atoms with Crippen LogP contribution < -0.4 is 14.8 Å². The Bertz CT molecular complexity index is 689. The number of aromatic nitrogens is 1. The van der Waals surface area contributed by atoms with E-state index in [9.17, 15) is 13.2 Å². The lowest BCUT2D eigenvalue weighted by Gasteiger charge is -2.34. The molecule has 1 amide bonds. The number of rotatable bonds is 7. The van der Waals surface area contributed by atoms with E-state index in [-0.39, 0.29) is 24.2 Å². The average molecular weight is 405 g/mol. The van der Waals surface area contributed by atoms with Crippen LogP contribution in [0, 0.1) is 0 Å². The Labute approximate surface area is 159 Å². The average Bonchev–Trinajstić information content (AvgIpc) is 2.57. The van der Waals surface area contributed by atoms with Crippen molar-refractivity contribution in [2.45, 2.75) is 38.8 Å². The number of nitrogens with one attached hydrogen (secondary N) is 2. The lowest BCUT2D eigenvalue weighted by molar-refractivity contribution is 0.168. The van der Waals surface area contributed by atoms with Gasteiger partial charge in [0.1, 0.15) is 0 Å². The maximum Gasteiger partial charge on any atom is 0.413 e. The summed E-state index contributed by atoms with van der Waals surface area (Å²) in [5.41, 5.74) is 0. The molecule has 26 heavy (non-hydrogen) atoms. The van der Waals surface area contributed by atoms with E-state index in [1.807, 2.05) is 0 Å². The second kappa shape index (κ2) is 9.50. The van der Waals surface area contributed by atoms with Gasteiger partial charge >= 0.3 is 6.09 Å². The number of sulfonamides is 1. The van der Waals surface area contributed by atoms with Crippen molar-refractivity contribution < 1.29 is 17.9 Å². The summed E-state index contributed by atoms with van der Waals surface area (Å²) in [7, 11) is -3.46. The highest BCUT2D eigenvalue weighted by molar-refractivity contribution is 7.89. The Morgan fingerprint density at radius 3 is 2.65 bits per heavy atom. The van der Waals surface area contributed by atoms with Crippen LogP contribution in [0.15, 0.2) is 18.3 Å². The van der Waals surface area contributed by atoms with Crippen LogP contribution in [-0.2, 0) is 10.0 Å². The molecule has 2 heterocycles. The fourth-order valence-corrected chi connectivity index (χ4v) is 4.03. The normalized spacial score (nSPS) is 16.6.